The zero-order valence-corrected chi connectivity index (χ0v) is 25.0. The lowest BCUT2D eigenvalue weighted by molar-refractivity contribution is -0.122. The molecule has 1 aliphatic carbocycles. The predicted molar refractivity (Wildman–Crippen MR) is 160 cm³/mol. The zero-order chi connectivity index (χ0) is 28.4. The van der Waals surface area contributed by atoms with Crippen LogP contribution in [0.4, 0.5) is 0 Å². The third-order valence-corrected chi connectivity index (χ3v) is 9.04. The van der Waals surface area contributed by atoms with Crippen LogP contribution in [0.1, 0.15) is 78.3 Å². The summed E-state index contributed by atoms with van der Waals surface area (Å²) in [7, 11) is 0. The topological polar surface area (TPSA) is 101 Å². The van der Waals surface area contributed by atoms with E-state index in [2.05, 4.69) is 52.2 Å². The van der Waals surface area contributed by atoms with Crippen molar-refractivity contribution < 1.29 is 9.59 Å². The lowest BCUT2D eigenvalue weighted by Gasteiger charge is -2.13. The molecule has 0 fully saturated rings. The first-order chi connectivity index (χ1) is 19.2. The number of fused-ring (bicyclic) bond motifs is 3. The van der Waals surface area contributed by atoms with Gasteiger partial charge in [0, 0.05) is 46.5 Å². The molecule has 40 heavy (non-hydrogen) atoms. The van der Waals surface area contributed by atoms with Crippen molar-refractivity contribution in [3.63, 3.8) is 0 Å². The summed E-state index contributed by atoms with van der Waals surface area (Å²) in [5, 5.41) is 16.5. The van der Waals surface area contributed by atoms with E-state index in [0.29, 0.717) is 36.3 Å². The first-order valence-electron chi connectivity index (χ1n) is 13.8. The number of hydrogen-bond acceptors (Lipinski definition) is 6. The molecule has 0 bridgehead atoms. The maximum absolute atomic E-state index is 13.1. The van der Waals surface area contributed by atoms with Gasteiger partial charge in [-0.3, -0.25) is 19.1 Å². The summed E-state index contributed by atoms with van der Waals surface area (Å²) in [6.45, 7) is 9.50. The molecule has 1 aromatic carbocycles. The second-order valence-electron chi connectivity index (χ2n) is 10.6. The largest absolute Gasteiger partial charge is 0.356 e. The summed E-state index contributed by atoms with van der Waals surface area (Å²) >= 11 is 7.87. The minimum absolute atomic E-state index is 0.0837. The summed E-state index contributed by atoms with van der Waals surface area (Å²) in [6, 6.07) is 7.18. The highest BCUT2D eigenvalue weighted by molar-refractivity contribution is 7.15. The van der Waals surface area contributed by atoms with Crippen LogP contribution in [0.2, 0.25) is 5.02 Å². The number of hydrogen-bond donors (Lipinski definition) is 2. The highest BCUT2D eigenvalue weighted by Crippen LogP contribution is 2.39. The highest BCUT2D eigenvalue weighted by atomic mass is 35.5. The van der Waals surface area contributed by atoms with Crippen molar-refractivity contribution >= 4 is 40.5 Å². The molecule has 0 spiro atoms. The molecule has 2 N–H and O–H groups in total. The third-order valence-electron chi connectivity index (χ3n) is 7.60. The lowest BCUT2D eigenvalue weighted by atomic mass is 9.99. The van der Waals surface area contributed by atoms with Crippen LogP contribution in [0.3, 0.4) is 0 Å². The quantitative estimate of drug-likeness (QED) is 0.230. The Morgan fingerprint density at radius 2 is 1.75 bits per heavy atom. The smallest absolute Gasteiger partial charge is 0.222 e. The highest BCUT2D eigenvalue weighted by Gasteiger charge is 2.32. The van der Waals surface area contributed by atoms with Crippen molar-refractivity contribution in [2.75, 3.05) is 13.1 Å². The Kier molecular flexibility index (Phi) is 8.51. The van der Waals surface area contributed by atoms with Gasteiger partial charge in [0.05, 0.1) is 12.1 Å². The molecule has 210 valence electrons. The van der Waals surface area contributed by atoms with Crippen LogP contribution in [-0.2, 0) is 9.59 Å². The minimum Gasteiger partial charge on any atom is -0.356 e. The molecule has 1 aliphatic heterocycles. The fourth-order valence-electron chi connectivity index (χ4n) is 5.00. The molecule has 2 atom stereocenters. The number of carbonyl (C=O) groups is 2. The SMILES string of the molecule is CC1=CC1CNC(=O)CCCCCNC(=O)C[C@@H]1N=C(c2ccc(Cl)cc2)c2c(sc(C)c2C)-n2c(C)nnc21. The number of benzene rings is 1. The number of nitrogens with zero attached hydrogens (tertiary/aromatic N) is 4. The average Bonchev–Trinajstić information content (AvgIpc) is 3.43. The lowest BCUT2D eigenvalue weighted by Crippen LogP contribution is -2.27. The second kappa shape index (κ2) is 12.1. The molecule has 3 aromatic rings. The fourth-order valence-corrected chi connectivity index (χ4v) is 6.34. The summed E-state index contributed by atoms with van der Waals surface area (Å²) in [5.41, 5.74) is 5.33. The molecule has 1 unspecified atom stereocenters. The van der Waals surface area contributed by atoms with Crippen molar-refractivity contribution in [1.29, 1.82) is 0 Å². The van der Waals surface area contributed by atoms with Crippen molar-refractivity contribution in [3.8, 4) is 5.00 Å². The standard InChI is InChI=1S/C30H35ClN6O2S/c1-17-14-22(17)16-33-25(38)8-6-5-7-13-32-26(39)15-24-29-36-35-20(4)37(29)30-27(18(2)19(3)40-30)28(34-24)21-9-11-23(31)12-10-21/h9-12,14,22,24H,5-8,13,15-16H2,1-4H3,(H,32,39)(H,33,38)/t22?,24-/m0/s1. The molecule has 0 saturated carbocycles. The Labute approximate surface area is 244 Å². The van der Waals surface area contributed by atoms with Crippen molar-refractivity contribution in [1.82, 2.24) is 25.4 Å². The van der Waals surface area contributed by atoms with E-state index in [1.165, 1.54) is 10.5 Å². The van der Waals surface area contributed by atoms with Gasteiger partial charge < -0.3 is 10.6 Å². The van der Waals surface area contributed by atoms with Crippen LogP contribution in [0.5, 0.6) is 0 Å². The number of unbranched alkanes of at least 4 members (excludes halogenated alkanes) is 2. The van der Waals surface area contributed by atoms with Gasteiger partial charge in [0.15, 0.2) is 5.82 Å². The molecule has 2 amide bonds. The van der Waals surface area contributed by atoms with Gasteiger partial charge in [-0.15, -0.1) is 21.5 Å². The van der Waals surface area contributed by atoms with Crippen molar-refractivity contribution in [2.45, 2.75) is 65.8 Å². The van der Waals surface area contributed by atoms with E-state index >= 15 is 0 Å². The maximum atomic E-state index is 13.1. The molecule has 3 heterocycles. The first kappa shape index (κ1) is 28.2. The van der Waals surface area contributed by atoms with Gasteiger partial charge in [0.2, 0.25) is 11.8 Å². The van der Waals surface area contributed by atoms with Gasteiger partial charge in [0.1, 0.15) is 16.9 Å². The van der Waals surface area contributed by atoms with E-state index in [4.69, 9.17) is 16.6 Å². The van der Waals surface area contributed by atoms with Crippen LogP contribution in [0.15, 0.2) is 40.9 Å². The molecule has 10 heteroatoms. The number of amides is 2. The van der Waals surface area contributed by atoms with E-state index in [9.17, 15) is 9.59 Å². The van der Waals surface area contributed by atoms with E-state index < -0.39 is 6.04 Å². The molecular weight excluding hydrogens is 544 g/mol. The summed E-state index contributed by atoms with van der Waals surface area (Å²) in [4.78, 5) is 31.4. The van der Waals surface area contributed by atoms with Gasteiger partial charge in [-0.2, -0.15) is 0 Å². The van der Waals surface area contributed by atoms with E-state index in [-0.39, 0.29) is 18.2 Å². The van der Waals surface area contributed by atoms with Crippen LogP contribution in [0.25, 0.3) is 5.00 Å². The Bertz CT molecular complexity index is 1490. The van der Waals surface area contributed by atoms with Crippen LogP contribution < -0.4 is 10.6 Å². The van der Waals surface area contributed by atoms with E-state index in [1.807, 2.05) is 31.2 Å². The van der Waals surface area contributed by atoms with Gasteiger partial charge in [-0.25, -0.2) is 0 Å². The number of nitrogens with one attached hydrogen (secondary N) is 2. The number of halogens is 1. The normalized spacial score (nSPS) is 17.3. The molecule has 0 saturated heterocycles. The molecule has 0 radical (unpaired) electrons. The monoisotopic (exact) mass is 578 g/mol. The van der Waals surface area contributed by atoms with E-state index in [0.717, 1.165) is 52.5 Å². The molecule has 8 nitrogen and oxygen atoms in total. The summed E-state index contributed by atoms with van der Waals surface area (Å²) in [5.74, 6) is 1.90. The summed E-state index contributed by atoms with van der Waals surface area (Å²) in [6.07, 6.45) is 5.34. The van der Waals surface area contributed by atoms with Crippen LogP contribution in [-0.4, -0.2) is 45.4 Å². The molecular formula is C30H35ClN6O2S. The van der Waals surface area contributed by atoms with Gasteiger partial charge >= 0.3 is 0 Å². The van der Waals surface area contributed by atoms with Crippen molar-refractivity contribution in [2.24, 2.45) is 10.9 Å². The minimum atomic E-state index is -0.487. The van der Waals surface area contributed by atoms with Gasteiger partial charge in [-0.05, 0) is 58.2 Å². The molecule has 2 aliphatic rings. The zero-order valence-electron chi connectivity index (χ0n) is 23.4. The molecule has 2 aromatic heterocycles. The van der Waals surface area contributed by atoms with Crippen LogP contribution >= 0.6 is 22.9 Å². The Balaban J connectivity index is 1.24. The predicted octanol–water partition coefficient (Wildman–Crippen LogP) is 5.56. The van der Waals surface area contributed by atoms with Crippen molar-refractivity contribution in [3.05, 3.63) is 74.2 Å². The number of aliphatic imine (C=N–C) groups is 1. The summed E-state index contributed by atoms with van der Waals surface area (Å²) < 4.78 is 2.05. The average molecular weight is 579 g/mol. The number of thiophene rings is 1. The fraction of sp³-hybridized carbons (Fsp3) is 0.433. The molecule has 5 rings (SSSR count). The Hall–Kier alpha value is -3.30. The third kappa shape index (κ3) is 6.20. The number of aromatic nitrogens is 3. The number of aryl methyl sites for hydroxylation is 2. The van der Waals surface area contributed by atoms with Gasteiger partial charge in [-0.1, -0.05) is 41.8 Å². The Morgan fingerprint density at radius 1 is 1.00 bits per heavy atom. The second-order valence-corrected chi connectivity index (χ2v) is 12.2. The van der Waals surface area contributed by atoms with Gasteiger partial charge in [0.25, 0.3) is 0 Å². The Morgan fingerprint density at radius 3 is 2.48 bits per heavy atom. The number of rotatable bonds is 11. The van der Waals surface area contributed by atoms with Crippen LogP contribution in [0, 0.1) is 26.7 Å². The first-order valence-corrected chi connectivity index (χ1v) is 15.0. The maximum Gasteiger partial charge on any atom is 0.222 e. The van der Waals surface area contributed by atoms with E-state index in [1.54, 1.807) is 11.3 Å². The number of carbonyl (C=O) groups excluding carboxylic acids is 2.